The molecule has 1 aliphatic rings. The van der Waals surface area contributed by atoms with Crippen molar-refractivity contribution < 1.29 is 0 Å². The zero-order chi connectivity index (χ0) is 24.3. The van der Waals surface area contributed by atoms with Gasteiger partial charge in [0.05, 0.1) is 12.0 Å². The molecule has 0 N–H and O–H groups in total. The van der Waals surface area contributed by atoms with E-state index in [2.05, 4.69) is 133 Å². The third kappa shape index (κ3) is 4.63. The van der Waals surface area contributed by atoms with E-state index in [4.69, 9.17) is 28.8 Å². The van der Waals surface area contributed by atoms with Crippen LogP contribution in [0.3, 0.4) is 0 Å². The van der Waals surface area contributed by atoms with Gasteiger partial charge in [-0.05, 0) is 35.0 Å². The largest absolute Gasteiger partial charge is 0.248 e. The van der Waals surface area contributed by atoms with E-state index in [1.165, 1.54) is 21.2 Å². The number of hydrogen-bond donors (Lipinski definition) is 0. The number of nitrogens with zero attached hydrogens (tertiary/aromatic N) is 1. The van der Waals surface area contributed by atoms with Crippen molar-refractivity contribution >= 4 is 63.3 Å². The van der Waals surface area contributed by atoms with E-state index < -0.39 is 13.1 Å². The van der Waals surface area contributed by atoms with Crippen molar-refractivity contribution in [1.82, 2.24) is 0 Å². The van der Waals surface area contributed by atoms with Crippen molar-refractivity contribution in [1.29, 1.82) is 0 Å². The van der Waals surface area contributed by atoms with Crippen molar-refractivity contribution in [3.8, 4) is 0 Å². The maximum absolute atomic E-state index is 6.68. The Balaban J connectivity index is 1.94. The summed E-state index contributed by atoms with van der Waals surface area (Å²) in [5.74, 6) is 4.79. The second-order valence-electron chi connectivity index (χ2n) is 8.39. The molecule has 0 fully saturated rings. The summed E-state index contributed by atoms with van der Waals surface area (Å²) >= 11 is 12.3. The Morgan fingerprint density at radius 2 is 1.00 bits per heavy atom. The SMILES string of the molecule is CC(=S)N=P1(c2ccccc2)C=C(c2ccccc2)P(=S)(c2ccccc2)C=C1c1ccccc1. The predicted molar refractivity (Wildman–Crippen MR) is 163 cm³/mol. The van der Waals surface area contributed by atoms with Gasteiger partial charge >= 0.3 is 0 Å². The fourth-order valence-electron chi connectivity index (χ4n) is 4.51. The number of thiocarbonyl (C=S) groups is 1. The van der Waals surface area contributed by atoms with Crippen LogP contribution >= 0.6 is 25.3 Å². The molecule has 2 atom stereocenters. The average molecular weight is 526 g/mol. The molecule has 0 spiro atoms. The first-order valence-corrected chi connectivity index (χ1v) is 16.5. The van der Waals surface area contributed by atoms with Gasteiger partial charge in [0.2, 0.25) is 0 Å². The fraction of sp³-hybridized carbons (Fsp3) is 0.0333. The Morgan fingerprint density at radius 3 is 1.49 bits per heavy atom. The lowest BCUT2D eigenvalue weighted by Crippen LogP contribution is -2.12. The third-order valence-corrected chi connectivity index (χ3v) is 14.5. The lowest BCUT2D eigenvalue weighted by atomic mass is 10.2. The zero-order valence-corrected chi connectivity index (χ0v) is 22.8. The zero-order valence-electron chi connectivity index (χ0n) is 19.4. The van der Waals surface area contributed by atoms with Crippen LogP contribution in [0.4, 0.5) is 0 Å². The minimum Gasteiger partial charge on any atom is -0.248 e. The standard InChI is InChI=1S/C30H25NP2S2/c1-24(34)31-32(27-18-10-4-11-19-27)22-30(26-16-8-3-9-17-26)33(35,28-20-12-5-13-21-28)23-29(32)25-14-6-2-7-15-25/h2-23H,1H3. The van der Waals surface area contributed by atoms with E-state index in [9.17, 15) is 0 Å². The molecule has 0 radical (unpaired) electrons. The van der Waals surface area contributed by atoms with Gasteiger partial charge in [-0.3, -0.25) is 0 Å². The molecular weight excluding hydrogens is 500 g/mol. The van der Waals surface area contributed by atoms with E-state index in [0.717, 1.165) is 11.1 Å². The van der Waals surface area contributed by atoms with E-state index in [1.54, 1.807) is 0 Å². The highest BCUT2D eigenvalue weighted by atomic mass is 32.4. The van der Waals surface area contributed by atoms with Crippen molar-refractivity contribution in [2.75, 3.05) is 0 Å². The Labute approximate surface area is 218 Å². The minimum absolute atomic E-state index is 0.655. The van der Waals surface area contributed by atoms with Crippen LogP contribution in [0.15, 0.2) is 138 Å². The quantitative estimate of drug-likeness (QED) is 0.195. The first kappa shape index (κ1) is 24.0. The predicted octanol–water partition coefficient (Wildman–Crippen LogP) is 8.68. The maximum Gasteiger partial charge on any atom is 0.0993 e. The van der Waals surface area contributed by atoms with E-state index in [-0.39, 0.29) is 0 Å². The highest BCUT2D eigenvalue weighted by molar-refractivity contribution is 8.25. The molecule has 0 aliphatic carbocycles. The average Bonchev–Trinajstić information content (AvgIpc) is 2.91. The number of benzene rings is 4. The normalized spacial score (nSPS) is 21.5. The van der Waals surface area contributed by atoms with Crippen molar-refractivity contribution in [2.45, 2.75) is 6.92 Å². The molecule has 0 bridgehead atoms. The fourth-order valence-corrected chi connectivity index (χ4v) is 14.1. The van der Waals surface area contributed by atoms with Crippen LogP contribution in [0.1, 0.15) is 18.1 Å². The molecule has 2 unspecified atom stereocenters. The van der Waals surface area contributed by atoms with Gasteiger partial charge in [0, 0.05) is 22.0 Å². The second-order valence-corrected chi connectivity index (χ2v) is 16.1. The Hall–Kier alpha value is -2.67. The maximum atomic E-state index is 6.68. The van der Waals surface area contributed by atoms with Crippen LogP contribution in [-0.4, -0.2) is 4.99 Å². The second kappa shape index (κ2) is 10.1. The van der Waals surface area contributed by atoms with Crippen molar-refractivity contribution in [3.05, 3.63) is 144 Å². The molecule has 0 amide bonds. The van der Waals surface area contributed by atoms with Gasteiger partial charge in [-0.2, -0.15) is 0 Å². The molecule has 0 saturated heterocycles. The molecule has 172 valence electrons. The topological polar surface area (TPSA) is 12.4 Å². The summed E-state index contributed by atoms with van der Waals surface area (Å²) in [4.78, 5) is 0.655. The molecule has 5 heteroatoms. The lowest BCUT2D eigenvalue weighted by molar-refractivity contribution is 1.63. The molecule has 1 heterocycles. The van der Waals surface area contributed by atoms with Gasteiger partial charge < -0.3 is 0 Å². The Kier molecular flexibility index (Phi) is 6.96. The van der Waals surface area contributed by atoms with Crippen LogP contribution in [0, 0.1) is 0 Å². The van der Waals surface area contributed by atoms with E-state index >= 15 is 0 Å². The van der Waals surface area contributed by atoms with Gasteiger partial charge in [0.15, 0.2) is 0 Å². The highest BCUT2D eigenvalue weighted by Crippen LogP contribution is 2.75. The highest BCUT2D eigenvalue weighted by Gasteiger charge is 2.37. The smallest absolute Gasteiger partial charge is 0.0993 e. The summed E-state index contributed by atoms with van der Waals surface area (Å²) in [5, 5.41) is 4.75. The molecule has 1 nitrogen and oxygen atoms in total. The Morgan fingerprint density at radius 1 is 0.571 bits per heavy atom. The molecule has 0 aromatic heterocycles. The molecular formula is C30H25NP2S2. The van der Waals surface area contributed by atoms with Crippen molar-refractivity contribution in [2.24, 2.45) is 4.74 Å². The summed E-state index contributed by atoms with van der Waals surface area (Å²) < 4.78 is 5.30. The van der Waals surface area contributed by atoms with E-state index in [0.29, 0.717) is 4.99 Å². The molecule has 5 rings (SSSR count). The summed E-state index contributed by atoms with van der Waals surface area (Å²) in [6.45, 7) is 1.92. The molecule has 0 saturated carbocycles. The summed E-state index contributed by atoms with van der Waals surface area (Å²) in [5.41, 5.74) is 2.30. The van der Waals surface area contributed by atoms with Crippen LogP contribution in [0.25, 0.3) is 10.6 Å². The van der Waals surface area contributed by atoms with Crippen LogP contribution in [0.5, 0.6) is 0 Å². The molecule has 4 aromatic carbocycles. The molecule has 1 aliphatic heterocycles. The van der Waals surface area contributed by atoms with Gasteiger partial charge in [-0.25, -0.2) is 4.74 Å². The van der Waals surface area contributed by atoms with Gasteiger partial charge in [0.1, 0.15) is 0 Å². The van der Waals surface area contributed by atoms with Crippen molar-refractivity contribution in [3.63, 3.8) is 0 Å². The van der Waals surface area contributed by atoms with Gasteiger partial charge in [0.25, 0.3) is 0 Å². The summed E-state index contributed by atoms with van der Waals surface area (Å²) in [6.07, 6.45) is 0. The first-order chi connectivity index (χ1) is 17.0. The molecule has 4 aromatic rings. The summed E-state index contributed by atoms with van der Waals surface area (Å²) in [7, 11) is -2.41. The number of rotatable bonds is 4. The summed E-state index contributed by atoms with van der Waals surface area (Å²) in [6, 6.07) is 40.0. The number of hydrogen-bond acceptors (Lipinski definition) is 2. The van der Waals surface area contributed by atoms with Gasteiger partial charge in [-0.1, -0.05) is 145 Å². The third-order valence-electron chi connectivity index (χ3n) is 6.07. The lowest BCUT2D eigenvalue weighted by Gasteiger charge is -2.36. The first-order valence-electron chi connectivity index (χ1n) is 11.4. The van der Waals surface area contributed by atoms with Crippen LogP contribution in [0.2, 0.25) is 0 Å². The van der Waals surface area contributed by atoms with E-state index in [1.807, 2.05) is 6.92 Å². The monoisotopic (exact) mass is 525 g/mol. The Bertz CT molecular complexity index is 1520. The van der Waals surface area contributed by atoms with Crippen LogP contribution in [-0.2, 0) is 11.8 Å². The van der Waals surface area contributed by atoms with Crippen LogP contribution < -0.4 is 10.6 Å². The molecule has 35 heavy (non-hydrogen) atoms. The minimum atomic E-state index is -2.41. The van der Waals surface area contributed by atoms with Gasteiger partial charge in [-0.15, -0.1) is 0 Å².